The molecule has 0 saturated heterocycles. The highest BCUT2D eigenvalue weighted by molar-refractivity contribution is 5.28. The standard InChI is InChI=1S/C13H17F3O3/c1-2-19-11-5-3-10(4-6-11)12(17)7-8-18-9-13(14,15)16/h3-6,12,17H,2,7-9H2,1H3. The van der Waals surface area contributed by atoms with Gasteiger partial charge in [0.25, 0.3) is 0 Å². The maximum absolute atomic E-state index is 11.8. The van der Waals surface area contributed by atoms with Crippen molar-refractivity contribution in [2.75, 3.05) is 19.8 Å². The Hall–Kier alpha value is -1.27. The van der Waals surface area contributed by atoms with Crippen molar-refractivity contribution >= 4 is 0 Å². The summed E-state index contributed by atoms with van der Waals surface area (Å²) in [5, 5.41) is 9.77. The molecule has 0 aliphatic rings. The van der Waals surface area contributed by atoms with Crippen LogP contribution in [0.25, 0.3) is 0 Å². The highest BCUT2D eigenvalue weighted by Gasteiger charge is 2.27. The second-order valence-corrected chi connectivity index (χ2v) is 3.97. The SMILES string of the molecule is CCOc1ccc(C(O)CCOCC(F)(F)F)cc1. The van der Waals surface area contributed by atoms with Gasteiger partial charge in [0, 0.05) is 13.0 Å². The first-order chi connectivity index (χ1) is 8.92. The van der Waals surface area contributed by atoms with Crippen LogP contribution in [0.4, 0.5) is 13.2 Å². The Morgan fingerprint density at radius 2 is 1.84 bits per heavy atom. The molecule has 1 unspecified atom stereocenters. The van der Waals surface area contributed by atoms with E-state index in [1.54, 1.807) is 24.3 Å². The summed E-state index contributed by atoms with van der Waals surface area (Å²) >= 11 is 0. The Morgan fingerprint density at radius 1 is 1.21 bits per heavy atom. The summed E-state index contributed by atoms with van der Waals surface area (Å²) in [4.78, 5) is 0. The fourth-order valence-corrected chi connectivity index (χ4v) is 1.50. The zero-order chi connectivity index (χ0) is 14.3. The largest absolute Gasteiger partial charge is 0.494 e. The zero-order valence-electron chi connectivity index (χ0n) is 10.6. The molecule has 0 saturated carbocycles. The molecule has 0 amide bonds. The second kappa shape index (κ2) is 7.35. The van der Waals surface area contributed by atoms with Crippen molar-refractivity contribution in [1.82, 2.24) is 0 Å². The average molecular weight is 278 g/mol. The molecule has 1 N–H and O–H groups in total. The number of aliphatic hydroxyl groups is 1. The summed E-state index contributed by atoms with van der Waals surface area (Å²) in [6.45, 7) is 0.977. The van der Waals surface area contributed by atoms with E-state index < -0.39 is 18.9 Å². The topological polar surface area (TPSA) is 38.7 Å². The number of hydrogen-bond donors (Lipinski definition) is 1. The molecule has 1 atom stereocenters. The van der Waals surface area contributed by atoms with E-state index >= 15 is 0 Å². The Kier molecular flexibility index (Phi) is 6.11. The van der Waals surface area contributed by atoms with E-state index in [4.69, 9.17) is 4.74 Å². The number of rotatable bonds is 7. The van der Waals surface area contributed by atoms with Crippen LogP contribution in [0, 0.1) is 0 Å². The Bertz CT molecular complexity index is 362. The maximum Gasteiger partial charge on any atom is 0.411 e. The molecule has 0 fully saturated rings. The van der Waals surface area contributed by atoms with Crippen molar-refractivity contribution in [3.05, 3.63) is 29.8 Å². The van der Waals surface area contributed by atoms with Gasteiger partial charge in [-0.3, -0.25) is 0 Å². The lowest BCUT2D eigenvalue weighted by Crippen LogP contribution is -2.18. The molecule has 108 valence electrons. The first-order valence-corrected chi connectivity index (χ1v) is 5.97. The van der Waals surface area contributed by atoms with E-state index in [1.165, 1.54) is 0 Å². The first kappa shape index (κ1) is 15.8. The van der Waals surface area contributed by atoms with Crippen LogP contribution in [-0.4, -0.2) is 31.1 Å². The number of hydrogen-bond acceptors (Lipinski definition) is 3. The van der Waals surface area contributed by atoms with Crippen LogP contribution in [0.3, 0.4) is 0 Å². The van der Waals surface area contributed by atoms with E-state index in [0.717, 1.165) is 0 Å². The zero-order valence-corrected chi connectivity index (χ0v) is 10.6. The van der Waals surface area contributed by atoms with Gasteiger partial charge in [-0.25, -0.2) is 0 Å². The number of aliphatic hydroxyl groups excluding tert-OH is 1. The molecule has 0 spiro atoms. The van der Waals surface area contributed by atoms with Crippen molar-refractivity contribution in [3.63, 3.8) is 0 Å². The minimum absolute atomic E-state index is 0.115. The van der Waals surface area contributed by atoms with Crippen LogP contribution < -0.4 is 4.74 Å². The van der Waals surface area contributed by atoms with E-state index in [1.807, 2.05) is 6.92 Å². The fraction of sp³-hybridized carbons (Fsp3) is 0.538. The fourth-order valence-electron chi connectivity index (χ4n) is 1.50. The third-order valence-electron chi connectivity index (χ3n) is 2.38. The molecule has 1 aromatic carbocycles. The Morgan fingerprint density at radius 3 is 2.37 bits per heavy atom. The van der Waals surface area contributed by atoms with Crippen LogP contribution in [0.1, 0.15) is 25.0 Å². The average Bonchev–Trinajstić information content (AvgIpc) is 2.34. The van der Waals surface area contributed by atoms with Crippen molar-refractivity contribution < 1.29 is 27.8 Å². The molecule has 0 heterocycles. The molecule has 0 aliphatic heterocycles. The normalized spacial score (nSPS) is 13.3. The summed E-state index contributed by atoms with van der Waals surface area (Å²) in [5.74, 6) is 0.687. The molecule has 0 bridgehead atoms. The molecular formula is C13H17F3O3. The molecule has 0 radical (unpaired) electrons. The highest BCUT2D eigenvalue weighted by atomic mass is 19.4. The van der Waals surface area contributed by atoms with E-state index in [0.29, 0.717) is 17.9 Å². The second-order valence-electron chi connectivity index (χ2n) is 3.97. The number of ether oxygens (including phenoxy) is 2. The van der Waals surface area contributed by atoms with Crippen LogP contribution in [0.5, 0.6) is 5.75 Å². The molecule has 19 heavy (non-hydrogen) atoms. The van der Waals surface area contributed by atoms with Crippen molar-refractivity contribution in [1.29, 1.82) is 0 Å². The van der Waals surface area contributed by atoms with Gasteiger partial charge in [0.05, 0.1) is 12.7 Å². The van der Waals surface area contributed by atoms with Crippen molar-refractivity contribution in [2.45, 2.75) is 25.6 Å². The van der Waals surface area contributed by atoms with Crippen molar-refractivity contribution in [3.8, 4) is 5.75 Å². The van der Waals surface area contributed by atoms with Gasteiger partial charge in [0.2, 0.25) is 0 Å². The summed E-state index contributed by atoms with van der Waals surface area (Å²) in [6.07, 6.45) is -5.06. The predicted octanol–water partition coefficient (Wildman–Crippen LogP) is 3.09. The van der Waals surface area contributed by atoms with E-state index in [2.05, 4.69) is 4.74 Å². The lowest BCUT2D eigenvalue weighted by atomic mass is 10.1. The van der Waals surface area contributed by atoms with Gasteiger partial charge in [-0.15, -0.1) is 0 Å². The highest BCUT2D eigenvalue weighted by Crippen LogP contribution is 2.21. The molecule has 1 aromatic rings. The summed E-state index contributed by atoms with van der Waals surface area (Å²) in [5.41, 5.74) is 0.624. The summed E-state index contributed by atoms with van der Waals surface area (Å²) in [7, 11) is 0. The van der Waals surface area contributed by atoms with Crippen LogP contribution >= 0.6 is 0 Å². The predicted molar refractivity (Wildman–Crippen MR) is 64.1 cm³/mol. The molecular weight excluding hydrogens is 261 g/mol. The van der Waals surface area contributed by atoms with Gasteiger partial charge in [-0.2, -0.15) is 13.2 Å². The maximum atomic E-state index is 11.8. The summed E-state index contributed by atoms with van der Waals surface area (Å²) < 4.78 is 45.1. The third kappa shape index (κ3) is 6.45. The Balaban J connectivity index is 2.34. The molecule has 0 aromatic heterocycles. The number of benzene rings is 1. The molecule has 1 rings (SSSR count). The number of halogens is 3. The monoisotopic (exact) mass is 278 g/mol. The first-order valence-electron chi connectivity index (χ1n) is 5.97. The lowest BCUT2D eigenvalue weighted by Gasteiger charge is -2.13. The van der Waals surface area contributed by atoms with Crippen LogP contribution in [0.15, 0.2) is 24.3 Å². The Labute approximate surface area is 110 Å². The van der Waals surface area contributed by atoms with Gasteiger partial charge in [0.1, 0.15) is 12.4 Å². The van der Waals surface area contributed by atoms with Crippen molar-refractivity contribution in [2.24, 2.45) is 0 Å². The van der Waals surface area contributed by atoms with Crippen LogP contribution in [0.2, 0.25) is 0 Å². The van der Waals surface area contributed by atoms with E-state index in [-0.39, 0.29) is 13.0 Å². The lowest BCUT2D eigenvalue weighted by molar-refractivity contribution is -0.175. The minimum Gasteiger partial charge on any atom is -0.494 e. The van der Waals surface area contributed by atoms with Gasteiger partial charge >= 0.3 is 6.18 Å². The summed E-state index contributed by atoms with van der Waals surface area (Å²) in [6, 6.07) is 6.77. The van der Waals surface area contributed by atoms with Gasteiger partial charge in [0.15, 0.2) is 0 Å². The number of alkyl halides is 3. The van der Waals surface area contributed by atoms with Gasteiger partial charge in [-0.1, -0.05) is 12.1 Å². The van der Waals surface area contributed by atoms with E-state index in [9.17, 15) is 18.3 Å². The molecule has 3 nitrogen and oxygen atoms in total. The van der Waals surface area contributed by atoms with Crippen LogP contribution in [-0.2, 0) is 4.74 Å². The quantitative estimate of drug-likeness (QED) is 0.779. The smallest absolute Gasteiger partial charge is 0.411 e. The molecule has 6 heteroatoms. The minimum atomic E-state index is -4.33. The van der Waals surface area contributed by atoms with Gasteiger partial charge in [-0.05, 0) is 24.6 Å². The van der Waals surface area contributed by atoms with Gasteiger partial charge < -0.3 is 14.6 Å². The third-order valence-corrected chi connectivity index (χ3v) is 2.38. The molecule has 0 aliphatic carbocycles.